The van der Waals surface area contributed by atoms with E-state index >= 15 is 0 Å². The van der Waals surface area contributed by atoms with Crippen LogP contribution in [-0.2, 0) is 0 Å². The van der Waals surface area contributed by atoms with Crippen LogP contribution in [0.4, 0.5) is 4.39 Å². The van der Waals surface area contributed by atoms with Gasteiger partial charge < -0.3 is 4.90 Å². The van der Waals surface area contributed by atoms with Gasteiger partial charge in [-0.2, -0.15) is 0 Å². The molecule has 88 valence electrons. The second-order valence-corrected chi connectivity index (χ2v) is 4.72. The number of nitrogens with zero attached hydrogens (tertiary/aromatic N) is 1. The van der Waals surface area contributed by atoms with Crippen molar-refractivity contribution < 1.29 is 9.18 Å². The van der Waals surface area contributed by atoms with Crippen LogP contribution in [0, 0.1) is 5.82 Å². The van der Waals surface area contributed by atoms with Gasteiger partial charge in [0.15, 0.2) is 0 Å². The molecule has 1 aromatic rings. The van der Waals surface area contributed by atoms with Gasteiger partial charge in [0.1, 0.15) is 5.82 Å². The topological polar surface area (TPSA) is 20.3 Å². The van der Waals surface area contributed by atoms with Gasteiger partial charge in [-0.1, -0.05) is 17.7 Å². The van der Waals surface area contributed by atoms with Crippen molar-refractivity contribution in [2.75, 3.05) is 13.6 Å². The highest BCUT2D eigenvalue weighted by atomic mass is 35.5. The third-order valence-corrected chi connectivity index (χ3v) is 2.50. The highest BCUT2D eigenvalue weighted by Crippen LogP contribution is 2.20. The number of carbonyl (C=O) groups excluding carboxylic acids is 1. The van der Waals surface area contributed by atoms with Gasteiger partial charge in [0.05, 0.1) is 10.6 Å². The molecule has 0 heterocycles. The average molecular weight is 264 g/mol. The molecule has 0 bridgehead atoms. The van der Waals surface area contributed by atoms with Crippen molar-refractivity contribution >= 4 is 29.1 Å². The molecule has 1 aromatic carbocycles. The van der Waals surface area contributed by atoms with Crippen LogP contribution >= 0.6 is 23.2 Å². The lowest BCUT2D eigenvalue weighted by atomic mass is 10.2. The molecule has 0 aliphatic rings. The minimum absolute atomic E-state index is 0.107. The predicted molar refractivity (Wildman–Crippen MR) is 63.7 cm³/mol. The monoisotopic (exact) mass is 263 g/mol. The largest absolute Gasteiger partial charge is 0.340 e. The first-order valence-electron chi connectivity index (χ1n) is 4.77. The zero-order valence-electron chi connectivity index (χ0n) is 9.01. The van der Waals surface area contributed by atoms with Crippen LogP contribution < -0.4 is 0 Å². The highest BCUT2D eigenvalue weighted by Gasteiger charge is 2.20. The van der Waals surface area contributed by atoms with E-state index < -0.39 is 11.7 Å². The molecule has 0 spiro atoms. The second-order valence-electron chi connectivity index (χ2n) is 3.56. The third kappa shape index (κ3) is 3.09. The number of rotatable bonds is 3. The summed E-state index contributed by atoms with van der Waals surface area (Å²) in [6.07, 6.45) is 0. The molecule has 0 radical (unpaired) electrons. The Morgan fingerprint density at radius 1 is 1.56 bits per heavy atom. The molecular formula is C11H12Cl2FNO. The predicted octanol–water partition coefficient (Wildman–Crippen LogP) is 3.18. The third-order valence-electron chi connectivity index (χ3n) is 2.05. The first-order valence-corrected chi connectivity index (χ1v) is 5.58. The van der Waals surface area contributed by atoms with Crippen molar-refractivity contribution in [1.82, 2.24) is 4.90 Å². The second kappa shape index (κ2) is 5.51. The molecule has 0 saturated heterocycles. The minimum atomic E-state index is -0.619. The molecule has 0 N–H and O–H groups in total. The first kappa shape index (κ1) is 13.3. The molecule has 1 unspecified atom stereocenters. The van der Waals surface area contributed by atoms with Gasteiger partial charge in [0, 0.05) is 19.0 Å². The molecule has 0 aliphatic carbocycles. The van der Waals surface area contributed by atoms with Crippen molar-refractivity contribution in [2.45, 2.75) is 12.3 Å². The summed E-state index contributed by atoms with van der Waals surface area (Å²) in [5, 5.41) is -0.0847. The molecule has 0 aromatic heterocycles. The maximum Gasteiger partial charge on any atom is 0.258 e. The van der Waals surface area contributed by atoms with Gasteiger partial charge in [-0.15, -0.1) is 11.6 Å². The SMILES string of the molecule is CC(Cl)CN(C)C(=O)c1c(F)cccc1Cl. The Morgan fingerprint density at radius 2 is 2.19 bits per heavy atom. The Morgan fingerprint density at radius 3 is 2.69 bits per heavy atom. The Hall–Kier alpha value is -0.800. The molecule has 0 saturated carbocycles. The number of alkyl halides is 1. The molecule has 16 heavy (non-hydrogen) atoms. The van der Waals surface area contributed by atoms with E-state index in [2.05, 4.69) is 0 Å². The van der Waals surface area contributed by atoms with Gasteiger partial charge in [0.2, 0.25) is 0 Å². The van der Waals surface area contributed by atoms with E-state index in [1.54, 1.807) is 14.0 Å². The standard InChI is InChI=1S/C11H12Cl2FNO/c1-7(12)6-15(2)11(16)10-8(13)4-3-5-9(10)14/h3-5,7H,6H2,1-2H3. The first-order chi connectivity index (χ1) is 7.43. The Labute approximate surface area is 104 Å². The highest BCUT2D eigenvalue weighted by molar-refractivity contribution is 6.33. The van der Waals surface area contributed by atoms with E-state index in [4.69, 9.17) is 23.2 Å². The molecule has 2 nitrogen and oxygen atoms in total. The van der Waals surface area contributed by atoms with E-state index in [0.29, 0.717) is 6.54 Å². The smallest absolute Gasteiger partial charge is 0.258 e. The molecule has 0 aliphatic heterocycles. The summed E-state index contributed by atoms with van der Waals surface area (Å²) < 4.78 is 13.4. The van der Waals surface area contributed by atoms with Gasteiger partial charge >= 0.3 is 0 Å². The molecule has 5 heteroatoms. The van der Waals surface area contributed by atoms with Crippen molar-refractivity contribution in [3.63, 3.8) is 0 Å². The summed E-state index contributed by atoms with van der Waals surface area (Å²) in [5.74, 6) is -1.08. The van der Waals surface area contributed by atoms with Gasteiger partial charge in [-0.25, -0.2) is 4.39 Å². The molecular weight excluding hydrogens is 252 g/mol. The van der Waals surface area contributed by atoms with Crippen LogP contribution in [-0.4, -0.2) is 29.8 Å². The summed E-state index contributed by atoms with van der Waals surface area (Å²) in [7, 11) is 1.56. The number of hydrogen-bond donors (Lipinski definition) is 0. The van der Waals surface area contributed by atoms with Crippen molar-refractivity contribution in [3.8, 4) is 0 Å². The normalized spacial score (nSPS) is 12.3. The number of amides is 1. The van der Waals surface area contributed by atoms with Crippen LogP contribution in [0.5, 0.6) is 0 Å². The lowest BCUT2D eigenvalue weighted by molar-refractivity contribution is 0.0791. The fourth-order valence-corrected chi connectivity index (χ4v) is 1.80. The fourth-order valence-electron chi connectivity index (χ4n) is 1.35. The van der Waals surface area contributed by atoms with E-state index in [9.17, 15) is 9.18 Å². The number of carbonyl (C=O) groups is 1. The lowest BCUT2D eigenvalue weighted by Gasteiger charge is -2.19. The molecule has 1 atom stereocenters. The molecule has 1 rings (SSSR count). The summed E-state index contributed by atoms with van der Waals surface area (Å²) in [5.41, 5.74) is -0.107. The number of hydrogen-bond acceptors (Lipinski definition) is 1. The van der Waals surface area contributed by atoms with Crippen molar-refractivity contribution in [1.29, 1.82) is 0 Å². The zero-order valence-corrected chi connectivity index (χ0v) is 10.5. The Balaban J connectivity index is 2.96. The number of benzene rings is 1. The minimum Gasteiger partial charge on any atom is -0.340 e. The summed E-state index contributed by atoms with van der Waals surface area (Å²) in [6, 6.07) is 4.14. The fraction of sp³-hybridized carbons (Fsp3) is 0.364. The van der Waals surface area contributed by atoms with Crippen molar-refractivity contribution in [3.05, 3.63) is 34.6 Å². The number of halogens is 3. The van der Waals surface area contributed by atoms with E-state index in [-0.39, 0.29) is 16.0 Å². The van der Waals surface area contributed by atoms with Crippen LogP contribution in [0.1, 0.15) is 17.3 Å². The molecule has 0 fully saturated rings. The Kier molecular flexibility index (Phi) is 4.56. The van der Waals surface area contributed by atoms with Crippen LogP contribution in [0.25, 0.3) is 0 Å². The lowest BCUT2D eigenvalue weighted by Crippen LogP contribution is -2.32. The van der Waals surface area contributed by atoms with Gasteiger partial charge in [-0.05, 0) is 19.1 Å². The van der Waals surface area contributed by atoms with Crippen molar-refractivity contribution in [2.24, 2.45) is 0 Å². The van der Waals surface area contributed by atoms with E-state index in [1.807, 2.05) is 0 Å². The zero-order chi connectivity index (χ0) is 12.3. The molecule has 1 amide bonds. The van der Waals surface area contributed by atoms with Gasteiger partial charge in [-0.3, -0.25) is 4.79 Å². The maximum atomic E-state index is 13.4. The maximum absolute atomic E-state index is 13.4. The summed E-state index contributed by atoms with van der Waals surface area (Å²) >= 11 is 11.5. The van der Waals surface area contributed by atoms with E-state index in [1.165, 1.54) is 23.1 Å². The quantitative estimate of drug-likeness (QED) is 0.768. The summed E-state index contributed by atoms with van der Waals surface area (Å²) in [6.45, 7) is 2.10. The van der Waals surface area contributed by atoms with Crippen LogP contribution in [0.15, 0.2) is 18.2 Å². The van der Waals surface area contributed by atoms with Crippen LogP contribution in [0.3, 0.4) is 0 Å². The average Bonchev–Trinajstić information content (AvgIpc) is 2.16. The van der Waals surface area contributed by atoms with Gasteiger partial charge in [0.25, 0.3) is 5.91 Å². The van der Waals surface area contributed by atoms with E-state index in [0.717, 1.165) is 0 Å². The van der Waals surface area contributed by atoms with Crippen LogP contribution in [0.2, 0.25) is 5.02 Å². The Bertz CT molecular complexity index is 375. The summed E-state index contributed by atoms with van der Waals surface area (Å²) in [4.78, 5) is 13.2.